The highest BCUT2D eigenvalue weighted by molar-refractivity contribution is 5.98. The van der Waals surface area contributed by atoms with E-state index in [-0.39, 0.29) is 11.7 Å². The number of amidine groups is 1. The molecule has 0 saturated heterocycles. The molecule has 116 valence electrons. The average Bonchev–Trinajstić information content (AvgIpc) is 2.52. The third kappa shape index (κ3) is 4.55. The first kappa shape index (κ1) is 16.6. The van der Waals surface area contributed by atoms with E-state index in [4.69, 9.17) is 20.4 Å². The quantitative estimate of drug-likeness (QED) is 0.305. The number of hydrogen-bond donors (Lipinski definition) is 3. The lowest BCUT2D eigenvalue weighted by molar-refractivity contribution is 0.0944. The van der Waals surface area contributed by atoms with Crippen molar-refractivity contribution in [3.8, 4) is 11.5 Å². The number of oxime groups is 1. The van der Waals surface area contributed by atoms with Crippen molar-refractivity contribution in [3.63, 3.8) is 0 Å². The van der Waals surface area contributed by atoms with Gasteiger partial charge in [0, 0.05) is 11.6 Å². The van der Waals surface area contributed by atoms with E-state index in [0.717, 1.165) is 6.42 Å². The van der Waals surface area contributed by atoms with Crippen LogP contribution in [0.5, 0.6) is 11.5 Å². The average molecular weight is 295 g/mol. The molecule has 7 nitrogen and oxygen atoms in total. The molecule has 21 heavy (non-hydrogen) atoms. The molecular formula is C14H21N3O4. The molecule has 0 bridgehead atoms. The molecule has 0 aliphatic heterocycles. The van der Waals surface area contributed by atoms with Gasteiger partial charge in [-0.1, -0.05) is 18.5 Å². The minimum atomic E-state index is -0.523. The van der Waals surface area contributed by atoms with E-state index < -0.39 is 6.04 Å². The maximum absolute atomic E-state index is 12.3. The minimum absolute atomic E-state index is 0.0277. The van der Waals surface area contributed by atoms with Gasteiger partial charge in [-0.05, 0) is 18.6 Å². The van der Waals surface area contributed by atoms with Crippen LogP contribution in [0, 0.1) is 0 Å². The molecule has 0 aliphatic rings. The normalized spacial score (nSPS) is 12.6. The van der Waals surface area contributed by atoms with Crippen molar-refractivity contribution in [2.24, 2.45) is 10.9 Å². The molecule has 4 N–H and O–H groups in total. The number of methoxy groups -OCH3 is 2. The SMILES string of the molecule is CCCC(NC(=O)c1cc(OC)cc(OC)c1)/C(N)=N/O. The van der Waals surface area contributed by atoms with Crippen molar-refractivity contribution in [2.45, 2.75) is 25.8 Å². The first-order chi connectivity index (χ1) is 10.0. The summed E-state index contributed by atoms with van der Waals surface area (Å²) in [4.78, 5) is 12.3. The maximum Gasteiger partial charge on any atom is 0.252 e. The molecule has 0 saturated carbocycles. The first-order valence-electron chi connectivity index (χ1n) is 6.57. The van der Waals surface area contributed by atoms with Crippen molar-refractivity contribution in [2.75, 3.05) is 14.2 Å². The molecule has 0 heterocycles. The van der Waals surface area contributed by atoms with Gasteiger partial charge < -0.3 is 25.7 Å². The van der Waals surface area contributed by atoms with Crippen molar-refractivity contribution in [3.05, 3.63) is 23.8 Å². The molecule has 7 heteroatoms. The van der Waals surface area contributed by atoms with E-state index in [9.17, 15) is 4.79 Å². The highest BCUT2D eigenvalue weighted by Crippen LogP contribution is 2.22. The number of benzene rings is 1. The molecule has 0 spiro atoms. The van der Waals surface area contributed by atoms with Gasteiger partial charge in [0.1, 0.15) is 11.5 Å². The van der Waals surface area contributed by atoms with Crippen molar-refractivity contribution >= 4 is 11.7 Å². The van der Waals surface area contributed by atoms with Gasteiger partial charge in [0.25, 0.3) is 5.91 Å². The number of carbonyl (C=O) groups excluding carboxylic acids is 1. The first-order valence-corrected chi connectivity index (χ1v) is 6.57. The lowest BCUT2D eigenvalue weighted by atomic mass is 10.1. The third-order valence-electron chi connectivity index (χ3n) is 2.97. The summed E-state index contributed by atoms with van der Waals surface area (Å²) in [6.07, 6.45) is 1.35. The molecule has 0 fully saturated rings. The summed E-state index contributed by atoms with van der Waals surface area (Å²) in [5.74, 6) is 0.642. The van der Waals surface area contributed by atoms with Gasteiger partial charge in [0.05, 0.1) is 20.3 Å². The van der Waals surface area contributed by atoms with Crippen LogP contribution >= 0.6 is 0 Å². The van der Waals surface area contributed by atoms with Gasteiger partial charge in [-0.3, -0.25) is 4.79 Å². The number of nitrogens with two attached hydrogens (primary N) is 1. The molecule has 1 atom stereocenters. The fourth-order valence-corrected chi connectivity index (χ4v) is 1.83. The Morgan fingerprint density at radius 1 is 1.33 bits per heavy atom. The van der Waals surface area contributed by atoms with Crippen LogP contribution in [0.1, 0.15) is 30.1 Å². The maximum atomic E-state index is 12.3. The van der Waals surface area contributed by atoms with E-state index in [0.29, 0.717) is 23.5 Å². The van der Waals surface area contributed by atoms with Crippen LogP contribution in [0.3, 0.4) is 0 Å². The Bertz CT molecular complexity index is 495. The van der Waals surface area contributed by atoms with Gasteiger partial charge >= 0.3 is 0 Å². The van der Waals surface area contributed by atoms with Crippen LogP contribution in [-0.2, 0) is 0 Å². The monoisotopic (exact) mass is 295 g/mol. The number of ether oxygens (including phenoxy) is 2. The fraction of sp³-hybridized carbons (Fsp3) is 0.429. The summed E-state index contributed by atoms with van der Waals surface area (Å²) in [6, 6.07) is 4.33. The smallest absolute Gasteiger partial charge is 0.252 e. The zero-order valence-corrected chi connectivity index (χ0v) is 12.4. The molecule has 0 aromatic heterocycles. The Balaban J connectivity index is 2.96. The van der Waals surface area contributed by atoms with Crippen LogP contribution < -0.4 is 20.5 Å². The van der Waals surface area contributed by atoms with Crippen LogP contribution in [0.15, 0.2) is 23.4 Å². The molecular weight excluding hydrogens is 274 g/mol. The molecule has 1 amide bonds. The van der Waals surface area contributed by atoms with Crippen LogP contribution in [0.2, 0.25) is 0 Å². The largest absolute Gasteiger partial charge is 0.497 e. The Labute approximate surface area is 123 Å². The van der Waals surface area contributed by atoms with E-state index in [1.807, 2.05) is 6.92 Å². The van der Waals surface area contributed by atoms with E-state index >= 15 is 0 Å². The summed E-state index contributed by atoms with van der Waals surface area (Å²) >= 11 is 0. The lowest BCUT2D eigenvalue weighted by Crippen LogP contribution is -2.44. The van der Waals surface area contributed by atoms with Gasteiger partial charge in [0.2, 0.25) is 0 Å². The van der Waals surface area contributed by atoms with Crippen molar-refractivity contribution in [1.29, 1.82) is 0 Å². The molecule has 1 aromatic carbocycles. The molecule has 1 rings (SSSR count). The minimum Gasteiger partial charge on any atom is -0.497 e. The number of rotatable bonds is 7. The zero-order chi connectivity index (χ0) is 15.8. The Kier molecular flexibility index (Phi) is 6.32. The van der Waals surface area contributed by atoms with Crippen LogP contribution in [0.4, 0.5) is 0 Å². The Morgan fingerprint density at radius 3 is 2.33 bits per heavy atom. The number of amides is 1. The van der Waals surface area contributed by atoms with Crippen LogP contribution in [-0.4, -0.2) is 37.2 Å². The molecule has 1 unspecified atom stereocenters. The topological polar surface area (TPSA) is 106 Å². The number of nitrogens with one attached hydrogen (secondary N) is 1. The second kappa shape index (κ2) is 7.98. The predicted octanol–water partition coefficient (Wildman–Crippen LogP) is 1.35. The second-order valence-electron chi connectivity index (χ2n) is 4.44. The predicted molar refractivity (Wildman–Crippen MR) is 79.1 cm³/mol. The summed E-state index contributed by atoms with van der Waals surface area (Å²) in [6.45, 7) is 1.94. The fourth-order valence-electron chi connectivity index (χ4n) is 1.83. The summed E-state index contributed by atoms with van der Waals surface area (Å²) in [7, 11) is 3.01. The van der Waals surface area contributed by atoms with Crippen LogP contribution in [0.25, 0.3) is 0 Å². The van der Waals surface area contributed by atoms with E-state index in [2.05, 4.69) is 10.5 Å². The molecule has 1 aromatic rings. The Morgan fingerprint density at radius 2 is 1.90 bits per heavy atom. The molecule has 0 aliphatic carbocycles. The van der Waals surface area contributed by atoms with Crippen molar-refractivity contribution in [1.82, 2.24) is 5.32 Å². The lowest BCUT2D eigenvalue weighted by Gasteiger charge is -2.17. The third-order valence-corrected chi connectivity index (χ3v) is 2.97. The summed E-state index contributed by atoms with van der Waals surface area (Å²) in [5, 5.41) is 14.4. The number of carbonyl (C=O) groups is 1. The van der Waals surface area contributed by atoms with E-state index in [1.165, 1.54) is 14.2 Å². The van der Waals surface area contributed by atoms with Gasteiger partial charge in [0.15, 0.2) is 5.84 Å². The second-order valence-corrected chi connectivity index (χ2v) is 4.44. The number of nitrogens with zero attached hydrogens (tertiary/aromatic N) is 1. The van der Waals surface area contributed by atoms with Gasteiger partial charge in [-0.15, -0.1) is 0 Å². The van der Waals surface area contributed by atoms with Gasteiger partial charge in [-0.2, -0.15) is 0 Å². The summed E-state index contributed by atoms with van der Waals surface area (Å²) in [5.41, 5.74) is 5.95. The standard InChI is InChI=1S/C14H21N3O4/c1-4-5-12(13(15)17-19)16-14(18)9-6-10(20-2)8-11(7-9)21-3/h6-8,12,19H,4-5H2,1-3H3,(H2,15,17)(H,16,18). The molecule has 0 radical (unpaired) electrons. The zero-order valence-electron chi connectivity index (χ0n) is 12.4. The van der Waals surface area contributed by atoms with Crippen molar-refractivity contribution < 1.29 is 19.5 Å². The Hall–Kier alpha value is -2.44. The summed E-state index contributed by atoms with van der Waals surface area (Å²) < 4.78 is 10.2. The highest BCUT2D eigenvalue weighted by Gasteiger charge is 2.18. The number of hydrogen-bond acceptors (Lipinski definition) is 5. The highest BCUT2D eigenvalue weighted by atomic mass is 16.5. The van der Waals surface area contributed by atoms with Gasteiger partial charge in [-0.25, -0.2) is 0 Å². The van der Waals surface area contributed by atoms with E-state index in [1.54, 1.807) is 18.2 Å².